The van der Waals surface area contributed by atoms with Crippen molar-refractivity contribution in [2.45, 2.75) is 108 Å². The molecule has 16 nitrogen and oxygen atoms in total. The van der Waals surface area contributed by atoms with Crippen LogP contribution in [-0.4, -0.2) is 271 Å². The lowest BCUT2D eigenvalue weighted by molar-refractivity contribution is 0.128. The van der Waals surface area contributed by atoms with E-state index in [2.05, 4.69) is 98.3 Å². The van der Waals surface area contributed by atoms with E-state index in [0.29, 0.717) is 6.54 Å². The summed E-state index contributed by atoms with van der Waals surface area (Å²) in [6.07, 6.45) is 16.5. The van der Waals surface area contributed by atoms with Gasteiger partial charge in [0.05, 0.1) is 0 Å². The molecule has 0 aliphatic heterocycles. The Balaban J connectivity index is 1.15. The molecular weight excluding hydrogens is 825 g/mol. The third-order valence-corrected chi connectivity index (χ3v) is 15.1. The first kappa shape index (κ1) is 57.9. The number of nitrogens with one attached hydrogen (secondary N) is 9. The fourth-order valence-electron chi connectivity index (χ4n) is 9.35. The van der Waals surface area contributed by atoms with Gasteiger partial charge in [0.1, 0.15) is 0 Å². The maximum Gasteiger partial charge on any atom is 0.0110 e. The molecule has 4 fully saturated rings. The van der Waals surface area contributed by atoms with Gasteiger partial charge in [-0.15, -0.1) is 0 Å². The second-order valence-electron chi connectivity index (χ2n) is 20.3. The molecule has 0 spiro atoms. The van der Waals surface area contributed by atoms with Gasteiger partial charge < -0.3 is 58.5 Å². The summed E-state index contributed by atoms with van der Waals surface area (Å²) >= 11 is 0. The van der Waals surface area contributed by atoms with Crippen molar-refractivity contribution in [3.8, 4) is 0 Å². The molecular formula is C50H110N16. The topological polar surface area (TPSA) is 154 Å². The van der Waals surface area contributed by atoms with E-state index in [1.54, 1.807) is 0 Å². The molecule has 0 atom stereocenters. The van der Waals surface area contributed by atoms with E-state index in [9.17, 15) is 0 Å². The Hall–Kier alpha value is -0.640. The fourth-order valence-corrected chi connectivity index (χ4v) is 9.35. The predicted molar refractivity (Wildman–Crippen MR) is 282 cm³/mol. The minimum absolute atomic E-state index is 0.710. The summed E-state index contributed by atoms with van der Waals surface area (Å²) in [7, 11) is 4.36. The molecule has 0 aromatic carbocycles. The zero-order valence-electron chi connectivity index (χ0n) is 43.5. The number of hydrogen-bond acceptors (Lipinski definition) is 16. The summed E-state index contributed by atoms with van der Waals surface area (Å²) in [5.41, 5.74) is 6.21. The van der Waals surface area contributed by atoms with Crippen molar-refractivity contribution in [3.05, 3.63) is 0 Å². The first-order valence-electron chi connectivity index (χ1n) is 28.0. The minimum Gasteiger partial charge on any atom is -0.329 e. The third kappa shape index (κ3) is 27.7. The molecule has 0 aromatic heterocycles. The quantitative estimate of drug-likeness (QED) is 0.0359. The van der Waals surface area contributed by atoms with Crippen molar-refractivity contribution < 1.29 is 0 Å². The first-order valence-corrected chi connectivity index (χ1v) is 28.0. The van der Waals surface area contributed by atoms with Crippen LogP contribution in [0.5, 0.6) is 0 Å². The lowest BCUT2D eigenvalue weighted by Crippen LogP contribution is -2.48. The van der Waals surface area contributed by atoms with Gasteiger partial charge in [0.15, 0.2) is 0 Å². The molecule has 0 amide bonds. The van der Waals surface area contributed by atoms with Crippen LogP contribution in [-0.2, 0) is 0 Å². The van der Waals surface area contributed by atoms with Crippen LogP contribution < -0.4 is 53.6 Å². The molecule has 0 unspecified atom stereocenters. The van der Waals surface area contributed by atoms with E-state index < -0.39 is 0 Å². The highest BCUT2D eigenvalue weighted by atomic mass is 15.3. The highest BCUT2D eigenvalue weighted by Gasteiger charge is 2.24. The summed E-state index contributed by atoms with van der Waals surface area (Å²) in [4.78, 5) is 15.9. The Morgan fingerprint density at radius 3 is 1.23 bits per heavy atom. The van der Waals surface area contributed by atoms with Gasteiger partial charge in [-0.05, 0) is 72.0 Å². The molecule has 0 radical (unpaired) electrons. The molecule has 390 valence electrons. The van der Waals surface area contributed by atoms with Gasteiger partial charge in [0.25, 0.3) is 0 Å². The Bertz CT molecular complexity index is 1080. The summed E-state index contributed by atoms with van der Waals surface area (Å²) in [6, 6.07) is 3.07. The maximum atomic E-state index is 6.21. The van der Waals surface area contributed by atoms with Gasteiger partial charge in [0.2, 0.25) is 0 Å². The standard InChI is InChI=1S/C50H110N16/c1-4-53-27-39-66(50-15-8-16-50)40-28-57-26-36-64(42-41-61(3)32-23-55-19-18-54-20-21-58-47-9-5-10-47)35-25-56-24-34-62(31-17-51)43-45-65(38-30-60-49-13-7-14-49)46-44-63(33-22-52-2)37-29-59-48-11-6-12-48/h47-50,52-60H,4-46,51H2,1-3H3. The van der Waals surface area contributed by atoms with Gasteiger partial charge >= 0.3 is 0 Å². The molecule has 4 saturated carbocycles. The van der Waals surface area contributed by atoms with E-state index >= 15 is 0 Å². The number of likely N-dealkylation sites (N-methyl/N-ethyl adjacent to an activating group) is 3. The molecule has 4 rings (SSSR count). The van der Waals surface area contributed by atoms with Crippen LogP contribution in [0.2, 0.25) is 0 Å². The maximum absolute atomic E-state index is 6.21. The van der Waals surface area contributed by atoms with E-state index in [-0.39, 0.29) is 0 Å². The second-order valence-corrected chi connectivity index (χ2v) is 20.3. The van der Waals surface area contributed by atoms with E-state index in [1.165, 1.54) is 83.6 Å². The SMILES string of the molecule is CCNCCN(CCNCCN(CCNCCN(CCN)CCN(CCNC1CCC1)CCN(CCNC)CCNC1CCC1)CCN(C)CCNCCNCCNC1CCC1)C1CCC1. The number of nitrogens with two attached hydrogens (primary N) is 1. The van der Waals surface area contributed by atoms with Crippen LogP contribution in [0.3, 0.4) is 0 Å². The summed E-state index contributed by atoms with van der Waals surface area (Å²) in [6.45, 7) is 35.2. The molecule has 4 aliphatic rings. The monoisotopic (exact) mass is 935 g/mol. The molecule has 0 aromatic rings. The van der Waals surface area contributed by atoms with Crippen LogP contribution >= 0.6 is 0 Å². The minimum atomic E-state index is 0.710. The van der Waals surface area contributed by atoms with Crippen LogP contribution in [0.4, 0.5) is 0 Å². The van der Waals surface area contributed by atoms with E-state index in [1.807, 2.05) is 0 Å². The Morgan fingerprint density at radius 1 is 0.379 bits per heavy atom. The first-order chi connectivity index (χ1) is 32.6. The lowest BCUT2D eigenvalue weighted by atomic mass is 9.91. The van der Waals surface area contributed by atoms with Crippen LogP contribution in [0.25, 0.3) is 0 Å². The molecule has 16 heteroatoms. The third-order valence-electron chi connectivity index (χ3n) is 15.1. The van der Waals surface area contributed by atoms with Crippen LogP contribution in [0, 0.1) is 0 Å². The van der Waals surface area contributed by atoms with E-state index in [4.69, 9.17) is 5.73 Å². The molecule has 0 bridgehead atoms. The van der Waals surface area contributed by atoms with Crippen LogP contribution in [0.1, 0.15) is 84.0 Å². The summed E-state index contributed by atoms with van der Waals surface area (Å²) in [5, 5.41) is 33.1. The molecule has 0 saturated heterocycles. The van der Waals surface area contributed by atoms with Crippen molar-refractivity contribution >= 4 is 0 Å². The fraction of sp³-hybridized carbons (Fsp3) is 1.00. The zero-order valence-corrected chi connectivity index (χ0v) is 43.5. The normalized spacial score (nSPS) is 17.5. The van der Waals surface area contributed by atoms with E-state index in [0.717, 1.165) is 214 Å². The van der Waals surface area contributed by atoms with Gasteiger partial charge in [-0.1, -0.05) is 32.6 Å². The van der Waals surface area contributed by atoms with Crippen molar-refractivity contribution in [2.75, 3.05) is 217 Å². The predicted octanol–water partition coefficient (Wildman–Crippen LogP) is -0.447. The smallest absolute Gasteiger partial charge is 0.0110 e. The Morgan fingerprint density at radius 2 is 0.758 bits per heavy atom. The van der Waals surface area contributed by atoms with Crippen molar-refractivity contribution in [1.29, 1.82) is 0 Å². The highest BCUT2D eigenvalue weighted by molar-refractivity contribution is 4.82. The summed E-state index contributed by atoms with van der Waals surface area (Å²) in [5.74, 6) is 0. The van der Waals surface area contributed by atoms with Crippen LogP contribution in [0.15, 0.2) is 0 Å². The molecule has 11 N–H and O–H groups in total. The lowest BCUT2D eigenvalue weighted by Gasteiger charge is -2.37. The summed E-state index contributed by atoms with van der Waals surface area (Å²) < 4.78 is 0. The molecule has 0 heterocycles. The van der Waals surface area contributed by atoms with Gasteiger partial charge in [-0.3, -0.25) is 24.5 Å². The zero-order chi connectivity index (χ0) is 46.5. The Kier molecular flexibility index (Phi) is 34.3. The van der Waals surface area contributed by atoms with Crippen molar-refractivity contribution in [3.63, 3.8) is 0 Å². The van der Waals surface area contributed by atoms with Gasteiger partial charge in [-0.25, -0.2) is 0 Å². The molecule has 4 aliphatic carbocycles. The highest BCUT2D eigenvalue weighted by Crippen LogP contribution is 2.24. The van der Waals surface area contributed by atoms with Crippen molar-refractivity contribution in [1.82, 2.24) is 77.3 Å². The van der Waals surface area contributed by atoms with Crippen molar-refractivity contribution in [2.24, 2.45) is 5.73 Å². The Labute approximate surface area is 406 Å². The van der Waals surface area contributed by atoms with Gasteiger partial charge in [0, 0.05) is 221 Å². The second kappa shape index (κ2) is 39.0. The number of rotatable bonds is 49. The largest absolute Gasteiger partial charge is 0.329 e. The average molecular weight is 936 g/mol. The number of hydrogen-bond donors (Lipinski definition) is 10. The average Bonchev–Trinajstić information content (AvgIpc) is 3.25. The number of nitrogens with zero attached hydrogens (tertiary/aromatic N) is 6. The molecule has 66 heavy (non-hydrogen) atoms. The van der Waals surface area contributed by atoms with Gasteiger partial charge in [-0.2, -0.15) is 0 Å².